The van der Waals surface area contributed by atoms with Gasteiger partial charge < -0.3 is 10.1 Å². The minimum atomic E-state index is -3.76. The first-order valence-corrected chi connectivity index (χ1v) is 9.78. The summed E-state index contributed by atoms with van der Waals surface area (Å²) in [6.45, 7) is 2.90. The van der Waals surface area contributed by atoms with Crippen LogP contribution in [0, 0.1) is 18.6 Å². The molecular weight excluding hydrogens is 378 g/mol. The van der Waals surface area contributed by atoms with Crippen molar-refractivity contribution in [3.8, 4) is 5.75 Å². The third kappa shape index (κ3) is 6.52. The molecule has 0 aliphatic rings. The van der Waals surface area contributed by atoms with Gasteiger partial charge in [0.25, 0.3) is 5.91 Å². The highest BCUT2D eigenvalue weighted by Crippen LogP contribution is 2.15. The lowest BCUT2D eigenvalue weighted by Gasteiger charge is -2.15. The standard InChI is InChI=1S/C18H20F2N2O4S/c1-12-3-6-15(11-17(12)20)22-27(24,25)10-9-21-18(23)13(2)26-16-7-4-14(19)5-8-16/h3-8,11,13,22H,9-10H2,1-2H3,(H,21,23). The summed E-state index contributed by atoms with van der Waals surface area (Å²) < 4.78 is 58.0. The van der Waals surface area contributed by atoms with E-state index >= 15 is 0 Å². The number of anilines is 1. The van der Waals surface area contributed by atoms with Crippen LogP contribution in [-0.2, 0) is 14.8 Å². The predicted octanol–water partition coefficient (Wildman–Crippen LogP) is 2.60. The fraction of sp³-hybridized carbons (Fsp3) is 0.278. The summed E-state index contributed by atoms with van der Waals surface area (Å²) in [6.07, 6.45) is -0.891. The molecule has 0 saturated carbocycles. The highest BCUT2D eigenvalue weighted by atomic mass is 32.2. The number of carbonyl (C=O) groups is 1. The molecule has 9 heteroatoms. The molecule has 0 bridgehead atoms. The third-order valence-corrected chi connectivity index (χ3v) is 4.90. The number of carbonyl (C=O) groups excluding carboxylic acids is 1. The lowest BCUT2D eigenvalue weighted by Crippen LogP contribution is -2.39. The second-order valence-corrected chi connectivity index (χ2v) is 7.73. The molecule has 1 amide bonds. The fourth-order valence-electron chi connectivity index (χ4n) is 2.11. The van der Waals surface area contributed by atoms with Crippen LogP contribution in [0.3, 0.4) is 0 Å². The molecule has 2 aromatic carbocycles. The van der Waals surface area contributed by atoms with E-state index in [0.29, 0.717) is 11.3 Å². The van der Waals surface area contributed by atoms with Crippen molar-refractivity contribution in [1.29, 1.82) is 0 Å². The number of aryl methyl sites for hydroxylation is 1. The van der Waals surface area contributed by atoms with Gasteiger partial charge in [-0.15, -0.1) is 0 Å². The Morgan fingerprint density at radius 1 is 1.15 bits per heavy atom. The Balaban J connectivity index is 1.81. The molecule has 0 radical (unpaired) electrons. The summed E-state index contributed by atoms with van der Waals surface area (Å²) in [7, 11) is -3.76. The number of nitrogens with one attached hydrogen (secondary N) is 2. The zero-order valence-electron chi connectivity index (χ0n) is 14.8. The molecule has 2 rings (SSSR count). The Kier molecular flexibility index (Phi) is 6.73. The van der Waals surface area contributed by atoms with E-state index in [-0.39, 0.29) is 12.2 Å². The molecule has 0 spiro atoms. The minimum Gasteiger partial charge on any atom is -0.481 e. The number of halogens is 2. The van der Waals surface area contributed by atoms with E-state index in [1.54, 1.807) is 6.92 Å². The molecule has 0 aromatic heterocycles. The highest BCUT2D eigenvalue weighted by molar-refractivity contribution is 7.92. The van der Waals surface area contributed by atoms with E-state index in [0.717, 1.165) is 6.07 Å². The first-order chi connectivity index (χ1) is 12.7. The van der Waals surface area contributed by atoms with E-state index < -0.39 is 39.4 Å². The Bertz CT molecular complexity index is 902. The van der Waals surface area contributed by atoms with Gasteiger partial charge in [0.2, 0.25) is 10.0 Å². The van der Waals surface area contributed by atoms with Crippen molar-refractivity contribution < 1.29 is 26.7 Å². The second-order valence-electron chi connectivity index (χ2n) is 5.89. The molecule has 6 nitrogen and oxygen atoms in total. The Hall–Kier alpha value is -2.68. The number of hydrogen-bond acceptors (Lipinski definition) is 4. The zero-order valence-corrected chi connectivity index (χ0v) is 15.6. The Morgan fingerprint density at radius 3 is 2.44 bits per heavy atom. The average molecular weight is 398 g/mol. The van der Waals surface area contributed by atoms with Gasteiger partial charge in [-0.2, -0.15) is 0 Å². The summed E-state index contributed by atoms with van der Waals surface area (Å²) in [6, 6.07) is 9.17. The Labute approximate surface area is 156 Å². The maximum Gasteiger partial charge on any atom is 0.260 e. The van der Waals surface area contributed by atoms with E-state index in [4.69, 9.17) is 4.74 Å². The highest BCUT2D eigenvalue weighted by Gasteiger charge is 2.17. The van der Waals surface area contributed by atoms with Gasteiger partial charge in [0.05, 0.1) is 11.4 Å². The maximum absolute atomic E-state index is 13.5. The summed E-state index contributed by atoms with van der Waals surface area (Å²) in [5.74, 6) is -1.54. The van der Waals surface area contributed by atoms with Crippen LogP contribution in [0.15, 0.2) is 42.5 Å². The fourth-order valence-corrected chi connectivity index (χ4v) is 3.07. The summed E-state index contributed by atoms with van der Waals surface area (Å²) in [5.41, 5.74) is 0.512. The van der Waals surface area contributed by atoms with Crippen LogP contribution in [0.4, 0.5) is 14.5 Å². The number of ether oxygens (including phenoxy) is 1. The molecule has 1 unspecified atom stereocenters. The number of sulfonamides is 1. The zero-order chi connectivity index (χ0) is 20.0. The van der Waals surface area contributed by atoms with Gasteiger partial charge in [0, 0.05) is 6.54 Å². The van der Waals surface area contributed by atoms with Gasteiger partial charge in [-0.3, -0.25) is 9.52 Å². The van der Waals surface area contributed by atoms with Crippen molar-refractivity contribution in [2.75, 3.05) is 17.0 Å². The molecule has 0 aliphatic carbocycles. The van der Waals surface area contributed by atoms with Gasteiger partial charge in [0.15, 0.2) is 6.10 Å². The number of hydrogen-bond donors (Lipinski definition) is 2. The molecule has 0 saturated heterocycles. The van der Waals surface area contributed by atoms with Crippen LogP contribution in [0.2, 0.25) is 0 Å². The predicted molar refractivity (Wildman–Crippen MR) is 98.0 cm³/mol. The lowest BCUT2D eigenvalue weighted by atomic mass is 10.2. The first kappa shape index (κ1) is 20.6. The minimum absolute atomic E-state index is 0.109. The first-order valence-electron chi connectivity index (χ1n) is 8.13. The quantitative estimate of drug-likeness (QED) is 0.716. The average Bonchev–Trinajstić information content (AvgIpc) is 2.59. The monoisotopic (exact) mass is 398 g/mol. The molecule has 0 heterocycles. The van der Waals surface area contributed by atoms with Crippen molar-refractivity contribution in [2.24, 2.45) is 0 Å². The maximum atomic E-state index is 13.5. The summed E-state index contributed by atoms with van der Waals surface area (Å²) in [4.78, 5) is 12.0. The van der Waals surface area contributed by atoms with Crippen LogP contribution >= 0.6 is 0 Å². The van der Waals surface area contributed by atoms with Gasteiger partial charge in [-0.05, 0) is 55.8 Å². The SMILES string of the molecule is Cc1ccc(NS(=O)(=O)CCNC(=O)C(C)Oc2ccc(F)cc2)cc1F. The molecule has 146 valence electrons. The molecule has 2 N–H and O–H groups in total. The van der Waals surface area contributed by atoms with Crippen LogP contribution in [0.1, 0.15) is 12.5 Å². The van der Waals surface area contributed by atoms with Gasteiger partial charge in [-0.25, -0.2) is 17.2 Å². The lowest BCUT2D eigenvalue weighted by molar-refractivity contribution is -0.127. The van der Waals surface area contributed by atoms with Crippen LogP contribution in [0.25, 0.3) is 0 Å². The number of benzene rings is 2. The van der Waals surface area contributed by atoms with E-state index in [1.165, 1.54) is 43.3 Å². The number of amides is 1. The van der Waals surface area contributed by atoms with Gasteiger partial charge >= 0.3 is 0 Å². The van der Waals surface area contributed by atoms with Crippen molar-refractivity contribution in [2.45, 2.75) is 20.0 Å². The van der Waals surface area contributed by atoms with Crippen molar-refractivity contribution >= 4 is 21.6 Å². The largest absolute Gasteiger partial charge is 0.481 e. The Morgan fingerprint density at radius 2 is 1.81 bits per heavy atom. The van der Waals surface area contributed by atoms with Crippen LogP contribution in [-0.4, -0.2) is 32.7 Å². The third-order valence-electron chi connectivity index (χ3n) is 3.61. The van der Waals surface area contributed by atoms with Crippen molar-refractivity contribution in [1.82, 2.24) is 5.32 Å². The van der Waals surface area contributed by atoms with Crippen molar-refractivity contribution in [3.63, 3.8) is 0 Å². The summed E-state index contributed by atoms with van der Waals surface area (Å²) >= 11 is 0. The van der Waals surface area contributed by atoms with Gasteiger partial charge in [0.1, 0.15) is 17.4 Å². The topological polar surface area (TPSA) is 84.5 Å². The number of rotatable bonds is 8. The molecule has 0 fully saturated rings. The molecular formula is C18H20F2N2O4S. The molecule has 1 atom stereocenters. The smallest absolute Gasteiger partial charge is 0.260 e. The van der Waals surface area contributed by atoms with Crippen molar-refractivity contribution in [3.05, 3.63) is 59.7 Å². The van der Waals surface area contributed by atoms with E-state index in [9.17, 15) is 22.0 Å². The molecule has 0 aliphatic heterocycles. The normalized spacial score (nSPS) is 12.3. The van der Waals surface area contributed by atoms with Crippen LogP contribution < -0.4 is 14.8 Å². The summed E-state index contributed by atoms with van der Waals surface area (Å²) in [5, 5.41) is 2.45. The van der Waals surface area contributed by atoms with E-state index in [2.05, 4.69) is 10.0 Å². The van der Waals surface area contributed by atoms with Gasteiger partial charge in [-0.1, -0.05) is 6.07 Å². The molecule has 2 aromatic rings. The van der Waals surface area contributed by atoms with E-state index in [1.807, 2.05) is 0 Å². The molecule has 27 heavy (non-hydrogen) atoms. The van der Waals surface area contributed by atoms with Crippen LogP contribution in [0.5, 0.6) is 5.75 Å². The second kappa shape index (κ2) is 8.81.